The van der Waals surface area contributed by atoms with Gasteiger partial charge in [-0.15, -0.1) is 0 Å². The van der Waals surface area contributed by atoms with Crippen LogP contribution in [-0.4, -0.2) is 46.7 Å². The Labute approximate surface area is 117 Å². The Morgan fingerprint density at radius 2 is 1.95 bits per heavy atom. The van der Waals surface area contributed by atoms with Gasteiger partial charge in [0.1, 0.15) is 0 Å². The lowest BCUT2D eigenvalue weighted by Gasteiger charge is -2.43. The maximum atomic E-state index is 5.87. The molecule has 20 heavy (non-hydrogen) atoms. The highest BCUT2D eigenvalue weighted by molar-refractivity contribution is 5.48. The second kappa shape index (κ2) is 4.71. The summed E-state index contributed by atoms with van der Waals surface area (Å²) in [6.07, 6.45) is 8.53. The van der Waals surface area contributed by atoms with Gasteiger partial charge in [-0.2, -0.15) is 5.10 Å². The third-order valence-corrected chi connectivity index (χ3v) is 4.14. The van der Waals surface area contributed by atoms with Crippen LogP contribution in [0.3, 0.4) is 0 Å². The van der Waals surface area contributed by atoms with Gasteiger partial charge in [-0.25, -0.2) is 9.50 Å². The highest BCUT2D eigenvalue weighted by Crippen LogP contribution is 2.32. The van der Waals surface area contributed by atoms with Crippen molar-refractivity contribution in [1.29, 1.82) is 0 Å². The van der Waals surface area contributed by atoms with E-state index >= 15 is 0 Å². The minimum Gasteiger partial charge on any atom is -0.369 e. The van der Waals surface area contributed by atoms with E-state index in [1.807, 2.05) is 23.0 Å². The van der Waals surface area contributed by atoms with Gasteiger partial charge in [0, 0.05) is 32.0 Å². The second-order valence-corrected chi connectivity index (χ2v) is 5.39. The molecule has 0 aliphatic carbocycles. The van der Waals surface area contributed by atoms with Crippen molar-refractivity contribution >= 4 is 11.3 Å². The minimum atomic E-state index is -0.335. The summed E-state index contributed by atoms with van der Waals surface area (Å²) in [4.78, 5) is 6.74. The minimum absolute atomic E-state index is 0.335. The third kappa shape index (κ3) is 2.05. The zero-order chi connectivity index (χ0) is 13.4. The lowest BCUT2D eigenvalue weighted by atomic mass is 10.0. The number of rotatable bonds is 1. The molecule has 2 fully saturated rings. The smallest absolute Gasteiger partial charge is 0.171 e. The lowest BCUT2D eigenvalue weighted by molar-refractivity contribution is -0.275. The Morgan fingerprint density at radius 1 is 1.15 bits per heavy atom. The molecule has 6 heteroatoms. The van der Waals surface area contributed by atoms with Crippen LogP contribution in [-0.2, 0) is 9.47 Å². The van der Waals surface area contributed by atoms with E-state index in [0.29, 0.717) is 0 Å². The zero-order valence-corrected chi connectivity index (χ0v) is 11.4. The van der Waals surface area contributed by atoms with Crippen LogP contribution in [0.25, 0.3) is 5.65 Å². The van der Waals surface area contributed by atoms with Gasteiger partial charge in [0.05, 0.1) is 37.5 Å². The van der Waals surface area contributed by atoms with Crippen molar-refractivity contribution in [2.45, 2.75) is 25.0 Å². The fourth-order valence-corrected chi connectivity index (χ4v) is 2.97. The normalized spacial score (nSPS) is 22.5. The van der Waals surface area contributed by atoms with Crippen molar-refractivity contribution in [3.63, 3.8) is 0 Å². The van der Waals surface area contributed by atoms with Crippen molar-refractivity contribution in [3.05, 3.63) is 24.7 Å². The van der Waals surface area contributed by atoms with Crippen molar-refractivity contribution in [3.8, 4) is 0 Å². The summed E-state index contributed by atoms with van der Waals surface area (Å²) in [5.74, 6) is -0.335. The van der Waals surface area contributed by atoms with Crippen LogP contribution in [0.1, 0.15) is 19.3 Å². The predicted octanol–water partition coefficient (Wildman–Crippen LogP) is 1.46. The number of hydrogen-bond acceptors (Lipinski definition) is 5. The Morgan fingerprint density at radius 3 is 2.75 bits per heavy atom. The van der Waals surface area contributed by atoms with E-state index in [1.165, 1.54) is 0 Å². The molecule has 0 unspecified atom stereocenters. The maximum Gasteiger partial charge on any atom is 0.171 e. The van der Waals surface area contributed by atoms with Gasteiger partial charge >= 0.3 is 0 Å². The summed E-state index contributed by atoms with van der Waals surface area (Å²) in [5, 5.41) is 4.24. The average Bonchev–Trinajstić information content (AvgIpc) is 2.96. The molecule has 0 radical (unpaired) electrons. The van der Waals surface area contributed by atoms with Gasteiger partial charge in [0.2, 0.25) is 0 Å². The van der Waals surface area contributed by atoms with Crippen LogP contribution in [0.2, 0.25) is 0 Å². The van der Waals surface area contributed by atoms with E-state index in [4.69, 9.17) is 9.47 Å². The van der Waals surface area contributed by atoms with Crippen molar-refractivity contribution in [2.75, 3.05) is 31.2 Å². The number of nitrogens with zero attached hydrogens (tertiary/aromatic N) is 4. The molecular weight excluding hydrogens is 256 g/mol. The van der Waals surface area contributed by atoms with Gasteiger partial charge in [-0.05, 0) is 6.42 Å². The molecule has 0 saturated carbocycles. The molecule has 0 N–H and O–H groups in total. The molecular formula is C14H18N4O2. The van der Waals surface area contributed by atoms with Crippen LogP contribution in [0.5, 0.6) is 0 Å². The highest BCUT2D eigenvalue weighted by atomic mass is 16.7. The van der Waals surface area contributed by atoms with Crippen molar-refractivity contribution in [2.24, 2.45) is 0 Å². The van der Waals surface area contributed by atoms with Gasteiger partial charge in [-0.1, -0.05) is 0 Å². The molecule has 2 aromatic rings. The summed E-state index contributed by atoms with van der Waals surface area (Å²) in [6.45, 7) is 3.49. The predicted molar refractivity (Wildman–Crippen MR) is 73.7 cm³/mol. The van der Waals surface area contributed by atoms with Crippen molar-refractivity contribution in [1.82, 2.24) is 14.6 Å². The van der Waals surface area contributed by atoms with E-state index in [-0.39, 0.29) is 5.79 Å². The molecule has 0 amide bonds. The number of ether oxygens (including phenoxy) is 2. The largest absolute Gasteiger partial charge is 0.369 e. The maximum absolute atomic E-state index is 5.87. The number of aromatic nitrogens is 3. The summed E-state index contributed by atoms with van der Waals surface area (Å²) in [6, 6.07) is 1.90. The van der Waals surface area contributed by atoms with E-state index in [2.05, 4.69) is 15.0 Å². The quantitative estimate of drug-likeness (QED) is 0.788. The van der Waals surface area contributed by atoms with Crippen LogP contribution in [0, 0.1) is 0 Å². The Balaban J connectivity index is 1.50. The number of anilines is 1. The highest BCUT2D eigenvalue weighted by Gasteiger charge is 2.38. The van der Waals surface area contributed by atoms with E-state index in [1.54, 1.807) is 6.20 Å². The van der Waals surface area contributed by atoms with Crippen LogP contribution < -0.4 is 4.90 Å². The Hall–Kier alpha value is -1.66. The third-order valence-electron chi connectivity index (χ3n) is 4.14. The first kappa shape index (κ1) is 12.1. The number of piperidine rings is 1. The summed E-state index contributed by atoms with van der Waals surface area (Å²) in [7, 11) is 0. The molecule has 4 heterocycles. The zero-order valence-electron chi connectivity index (χ0n) is 11.4. The van der Waals surface area contributed by atoms with E-state index in [0.717, 1.165) is 56.9 Å². The number of fused-ring (bicyclic) bond motifs is 1. The van der Waals surface area contributed by atoms with E-state index in [9.17, 15) is 0 Å². The molecule has 6 nitrogen and oxygen atoms in total. The fourth-order valence-electron chi connectivity index (χ4n) is 2.97. The first-order valence-corrected chi connectivity index (χ1v) is 7.17. The monoisotopic (exact) mass is 274 g/mol. The molecule has 2 aromatic heterocycles. The van der Waals surface area contributed by atoms with Crippen molar-refractivity contribution < 1.29 is 9.47 Å². The van der Waals surface area contributed by atoms with Gasteiger partial charge < -0.3 is 14.4 Å². The molecule has 1 spiro atoms. The van der Waals surface area contributed by atoms with Gasteiger partial charge in [0.25, 0.3) is 0 Å². The molecule has 0 aromatic carbocycles. The Kier molecular flexibility index (Phi) is 2.85. The average molecular weight is 274 g/mol. The Bertz CT molecular complexity index is 596. The molecule has 0 bridgehead atoms. The lowest BCUT2D eigenvalue weighted by Crippen LogP contribution is -2.50. The van der Waals surface area contributed by atoms with Crippen LogP contribution in [0.4, 0.5) is 5.69 Å². The SMILES string of the molecule is c1cc2ncc(N3CCC4(CC3)OCCCO4)cn2n1. The molecule has 4 rings (SSSR count). The standard InChI is InChI=1S/C14H18N4O2/c1-8-19-14(20-9-1)3-6-17(7-4-14)12-10-15-13-2-5-16-18(13)11-12/h2,5,10-11H,1,3-4,6-9H2. The molecule has 0 atom stereocenters. The van der Waals surface area contributed by atoms with Crippen LogP contribution >= 0.6 is 0 Å². The first-order chi connectivity index (χ1) is 9.85. The summed E-state index contributed by atoms with van der Waals surface area (Å²) >= 11 is 0. The van der Waals surface area contributed by atoms with E-state index < -0.39 is 0 Å². The fraction of sp³-hybridized carbons (Fsp3) is 0.571. The summed E-state index contributed by atoms with van der Waals surface area (Å²) in [5.41, 5.74) is 1.98. The molecule has 2 saturated heterocycles. The van der Waals surface area contributed by atoms with Crippen LogP contribution in [0.15, 0.2) is 24.7 Å². The first-order valence-electron chi connectivity index (χ1n) is 7.17. The van der Waals surface area contributed by atoms with Gasteiger partial charge in [-0.3, -0.25) is 0 Å². The molecule has 2 aliphatic heterocycles. The topological polar surface area (TPSA) is 51.9 Å². The second-order valence-electron chi connectivity index (χ2n) is 5.39. The molecule has 2 aliphatic rings. The summed E-state index contributed by atoms with van der Waals surface area (Å²) < 4.78 is 13.5. The number of hydrogen-bond donors (Lipinski definition) is 0. The van der Waals surface area contributed by atoms with Gasteiger partial charge in [0.15, 0.2) is 11.4 Å². The molecule has 106 valence electrons.